The Kier molecular flexibility index (Phi) is 5.00. The summed E-state index contributed by atoms with van der Waals surface area (Å²) < 4.78 is 11.6. The van der Waals surface area contributed by atoms with Gasteiger partial charge < -0.3 is 14.8 Å². The van der Waals surface area contributed by atoms with Gasteiger partial charge in [-0.05, 0) is 49.9 Å². The number of halogens is 1. The summed E-state index contributed by atoms with van der Waals surface area (Å²) in [5, 5.41) is 3.64. The van der Waals surface area contributed by atoms with Crippen LogP contribution in [0.5, 0.6) is 11.5 Å². The number of carbonyl (C=O) groups excluding carboxylic acids is 1. The van der Waals surface area contributed by atoms with E-state index in [0.717, 1.165) is 30.6 Å². The number of amides is 1. The number of nitrogens with one attached hydrogen (secondary N) is 1. The molecule has 1 aliphatic carbocycles. The van der Waals surface area contributed by atoms with Gasteiger partial charge in [-0.2, -0.15) is 0 Å². The fourth-order valence-electron chi connectivity index (χ4n) is 4.30. The van der Waals surface area contributed by atoms with Gasteiger partial charge in [0.25, 0.3) is 5.91 Å². The number of benzene rings is 2. The van der Waals surface area contributed by atoms with Crippen molar-refractivity contribution in [1.82, 2.24) is 5.32 Å². The zero-order valence-corrected chi connectivity index (χ0v) is 16.2. The Bertz CT molecular complexity index is 845. The molecule has 1 unspecified atom stereocenters. The molecule has 1 atom stereocenters. The van der Waals surface area contributed by atoms with Gasteiger partial charge in [0.05, 0.1) is 18.2 Å². The van der Waals surface area contributed by atoms with Crippen LogP contribution in [-0.2, 0) is 0 Å². The average Bonchev–Trinajstić information content (AvgIpc) is 2.68. The van der Waals surface area contributed by atoms with Gasteiger partial charge in [-0.3, -0.25) is 4.79 Å². The van der Waals surface area contributed by atoms with Gasteiger partial charge in [-0.1, -0.05) is 36.2 Å². The first kappa shape index (κ1) is 18.2. The van der Waals surface area contributed by atoms with Crippen LogP contribution >= 0.6 is 11.6 Å². The fourth-order valence-corrected chi connectivity index (χ4v) is 4.56. The van der Waals surface area contributed by atoms with E-state index in [2.05, 4.69) is 5.32 Å². The second-order valence-corrected chi connectivity index (χ2v) is 7.87. The summed E-state index contributed by atoms with van der Waals surface area (Å²) in [5.74, 6) is 1.32. The third kappa shape index (κ3) is 3.63. The lowest BCUT2D eigenvalue weighted by molar-refractivity contribution is -0.00209. The van der Waals surface area contributed by atoms with E-state index in [1.807, 2.05) is 24.3 Å². The Morgan fingerprint density at radius 2 is 1.96 bits per heavy atom. The molecule has 1 N–H and O–H groups in total. The first-order valence-corrected chi connectivity index (χ1v) is 9.90. The molecule has 142 valence electrons. The maximum atomic E-state index is 12.9. The van der Waals surface area contributed by atoms with Crippen LogP contribution in [0.2, 0.25) is 5.02 Å². The van der Waals surface area contributed by atoms with Crippen LogP contribution in [0.25, 0.3) is 0 Å². The largest absolute Gasteiger partial charge is 0.495 e. The van der Waals surface area contributed by atoms with Crippen LogP contribution in [0, 0.1) is 0 Å². The van der Waals surface area contributed by atoms with E-state index in [1.54, 1.807) is 25.3 Å². The van der Waals surface area contributed by atoms with Crippen molar-refractivity contribution in [2.45, 2.75) is 50.2 Å². The smallest absolute Gasteiger partial charge is 0.251 e. The Morgan fingerprint density at radius 1 is 1.19 bits per heavy atom. The second-order valence-electron chi connectivity index (χ2n) is 7.46. The number of fused-ring (bicyclic) bond motifs is 1. The van der Waals surface area contributed by atoms with Gasteiger partial charge in [-0.25, -0.2) is 0 Å². The number of hydrogen-bond acceptors (Lipinski definition) is 3. The summed E-state index contributed by atoms with van der Waals surface area (Å²) in [6, 6.07) is 13.1. The van der Waals surface area contributed by atoms with Gasteiger partial charge >= 0.3 is 0 Å². The standard InChI is InChI=1S/C22H24ClNO3/c1-26-20-10-9-15(13-17(20)23)21(25)24-18-14-22(11-5-2-6-12-22)27-19-8-4-3-7-16(18)19/h3-4,7-10,13,18H,2,5-6,11-12,14H2,1H3,(H,24,25). The van der Waals surface area contributed by atoms with Crippen molar-refractivity contribution in [1.29, 1.82) is 0 Å². The zero-order valence-electron chi connectivity index (χ0n) is 15.5. The van der Waals surface area contributed by atoms with Crippen molar-refractivity contribution < 1.29 is 14.3 Å². The highest BCUT2D eigenvalue weighted by Gasteiger charge is 2.42. The lowest BCUT2D eigenvalue weighted by Gasteiger charge is -2.44. The van der Waals surface area contributed by atoms with Gasteiger partial charge in [0.15, 0.2) is 0 Å². The van der Waals surface area contributed by atoms with Gasteiger partial charge in [0.1, 0.15) is 17.1 Å². The molecule has 1 saturated carbocycles. The minimum Gasteiger partial charge on any atom is -0.495 e. The van der Waals surface area contributed by atoms with Crippen LogP contribution < -0.4 is 14.8 Å². The molecule has 27 heavy (non-hydrogen) atoms. The minimum atomic E-state index is -0.165. The maximum absolute atomic E-state index is 12.9. The molecular weight excluding hydrogens is 362 g/mol. The van der Waals surface area contributed by atoms with Crippen LogP contribution in [0.4, 0.5) is 0 Å². The topological polar surface area (TPSA) is 47.6 Å². The van der Waals surface area contributed by atoms with Crippen molar-refractivity contribution in [3.63, 3.8) is 0 Å². The van der Waals surface area contributed by atoms with Crippen LogP contribution in [0.1, 0.15) is 60.5 Å². The third-order valence-electron chi connectivity index (χ3n) is 5.68. The molecule has 0 radical (unpaired) electrons. The maximum Gasteiger partial charge on any atom is 0.251 e. The highest BCUT2D eigenvalue weighted by molar-refractivity contribution is 6.32. The average molecular weight is 386 g/mol. The molecule has 1 aliphatic heterocycles. The Hall–Kier alpha value is -2.20. The van der Waals surface area contributed by atoms with E-state index in [-0.39, 0.29) is 17.6 Å². The van der Waals surface area contributed by atoms with E-state index in [0.29, 0.717) is 16.3 Å². The molecule has 0 bridgehead atoms. The normalized spacial score (nSPS) is 20.4. The van der Waals surface area contributed by atoms with E-state index in [4.69, 9.17) is 21.1 Å². The third-order valence-corrected chi connectivity index (χ3v) is 5.98. The quantitative estimate of drug-likeness (QED) is 0.779. The van der Waals surface area contributed by atoms with Gasteiger partial charge in [-0.15, -0.1) is 0 Å². The first-order valence-electron chi connectivity index (χ1n) is 9.53. The Labute approximate surface area is 164 Å². The summed E-state index contributed by atoms with van der Waals surface area (Å²) in [5.41, 5.74) is 1.41. The van der Waals surface area contributed by atoms with Crippen LogP contribution in [0.15, 0.2) is 42.5 Å². The molecule has 4 rings (SSSR count). The lowest BCUT2D eigenvalue weighted by Crippen LogP contribution is -2.46. The molecule has 2 aromatic carbocycles. The zero-order chi connectivity index (χ0) is 18.9. The lowest BCUT2D eigenvalue weighted by atomic mass is 9.77. The predicted molar refractivity (Wildman–Crippen MR) is 106 cm³/mol. The summed E-state index contributed by atoms with van der Waals surface area (Å²) in [6.45, 7) is 0. The van der Waals surface area contributed by atoms with Crippen molar-refractivity contribution in [2.24, 2.45) is 0 Å². The van der Waals surface area contributed by atoms with Crippen LogP contribution in [-0.4, -0.2) is 18.6 Å². The molecule has 1 spiro atoms. The highest BCUT2D eigenvalue weighted by Crippen LogP contribution is 2.46. The molecule has 2 aliphatic rings. The SMILES string of the molecule is COc1ccc(C(=O)NC2CC3(CCCCC3)Oc3ccccc32)cc1Cl. The monoisotopic (exact) mass is 385 g/mol. The molecule has 4 nitrogen and oxygen atoms in total. The summed E-state index contributed by atoms with van der Waals surface area (Å²) in [6.07, 6.45) is 6.51. The summed E-state index contributed by atoms with van der Waals surface area (Å²) in [7, 11) is 1.56. The van der Waals surface area contributed by atoms with E-state index < -0.39 is 0 Å². The Balaban J connectivity index is 1.60. The first-order chi connectivity index (χ1) is 13.1. The summed E-state index contributed by atoms with van der Waals surface area (Å²) in [4.78, 5) is 12.9. The molecule has 1 amide bonds. The van der Waals surface area contributed by atoms with Gasteiger partial charge in [0.2, 0.25) is 0 Å². The molecule has 1 fully saturated rings. The van der Waals surface area contributed by atoms with E-state index >= 15 is 0 Å². The molecule has 0 aromatic heterocycles. The van der Waals surface area contributed by atoms with Gasteiger partial charge in [0, 0.05) is 17.5 Å². The molecular formula is C22H24ClNO3. The Morgan fingerprint density at radius 3 is 2.70 bits per heavy atom. The number of rotatable bonds is 3. The number of methoxy groups -OCH3 is 1. The molecule has 2 aromatic rings. The van der Waals surface area contributed by atoms with Crippen molar-refractivity contribution in [3.05, 3.63) is 58.6 Å². The number of hydrogen-bond donors (Lipinski definition) is 1. The number of carbonyl (C=O) groups is 1. The number of ether oxygens (including phenoxy) is 2. The molecule has 0 saturated heterocycles. The molecule has 5 heteroatoms. The fraction of sp³-hybridized carbons (Fsp3) is 0.409. The number of para-hydroxylation sites is 1. The van der Waals surface area contributed by atoms with Crippen LogP contribution in [0.3, 0.4) is 0 Å². The van der Waals surface area contributed by atoms with E-state index in [9.17, 15) is 4.79 Å². The van der Waals surface area contributed by atoms with Crippen molar-refractivity contribution in [3.8, 4) is 11.5 Å². The second kappa shape index (κ2) is 7.43. The predicted octanol–water partition coefficient (Wildman–Crippen LogP) is 5.31. The summed E-state index contributed by atoms with van der Waals surface area (Å²) >= 11 is 6.19. The highest BCUT2D eigenvalue weighted by atomic mass is 35.5. The van der Waals surface area contributed by atoms with E-state index in [1.165, 1.54) is 19.3 Å². The van der Waals surface area contributed by atoms with Crippen molar-refractivity contribution in [2.75, 3.05) is 7.11 Å². The molecule has 1 heterocycles. The van der Waals surface area contributed by atoms with Crippen molar-refractivity contribution >= 4 is 17.5 Å². The minimum absolute atomic E-state index is 0.0681.